The minimum Gasteiger partial charge on any atom is -0.395 e. The van der Waals surface area contributed by atoms with Crippen LogP contribution in [0.25, 0.3) is 0 Å². The Morgan fingerprint density at radius 2 is 1.83 bits per heavy atom. The molecule has 0 unspecified atom stereocenters. The molecule has 23 heavy (non-hydrogen) atoms. The third kappa shape index (κ3) is 4.65. The molecule has 1 aromatic heterocycles. The molecule has 0 aliphatic carbocycles. The van der Waals surface area contributed by atoms with Gasteiger partial charge >= 0.3 is 5.88 Å². The van der Waals surface area contributed by atoms with Gasteiger partial charge in [-0.1, -0.05) is 30.3 Å². The molecule has 1 amide bonds. The summed E-state index contributed by atoms with van der Waals surface area (Å²) in [5.74, 6) is -0.809. The van der Waals surface area contributed by atoms with E-state index in [2.05, 4.69) is 0 Å². The molecule has 122 valence electrons. The minimum absolute atomic E-state index is 0.0219. The zero-order valence-corrected chi connectivity index (χ0v) is 13.1. The molecule has 0 N–H and O–H groups in total. The van der Waals surface area contributed by atoms with Crippen molar-refractivity contribution in [1.82, 2.24) is 9.80 Å². The fraction of sp³-hybridized carbons (Fsp3) is 0.312. The Labute approximate surface area is 134 Å². The Morgan fingerprint density at radius 3 is 2.39 bits per heavy atom. The normalized spacial score (nSPS) is 10.7. The zero-order chi connectivity index (χ0) is 16.8. The van der Waals surface area contributed by atoms with Crippen molar-refractivity contribution in [1.29, 1.82) is 0 Å². The van der Waals surface area contributed by atoms with E-state index in [0.29, 0.717) is 19.6 Å². The SMILES string of the molecule is CN(C)CCN(Cc1ccccc1)C(=O)c1ccc([N+](=O)[O-])o1. The van der Waals surface area contributed by atoms with Gasteiger partial charge in [0.25, 0.3) is 5.91 Å². The number of rotatable bonds is 7. The smallest absolute Gasteiger partial charge is 0.395 e. The molecule has 0 spiro atoms. The number of hydrogen-bond acceptors (Lipinski definition) is 5. The highest BCUT2D eigenvalue weighted by Gasteiger charge is 2.22. The largest absolute Gasteiger partial charge is 0.433 e. The van der Waals surface area contributed by atoms with Crippen LogP contribution in [0.15, 0.2) is 46.9 Å². The third-order valence-corrected chi connectivity index (χ3v) is 3.30. The minimum atomic E-state index is -0.655. The first-order chi connectivity index (χ1) is 11.0. The molecule has 2 rings (SSSR count). The zero-order valence-electron chi connectivity index (χ0n) is 13.1. The van der Waals surface area contributed by atoms with E-state index in [0.717, 1.165) is 5.56 Å². The van der Waals surface area contributed by atoms with E-state index >= 15 is 0 Å². The van der Waals surface area contributed by atoms with E-state index in [1.54, 1.807) is 4.90 Å². The number of carbonyl (C=O) groups is 1. The molecule has 7 heteroatoms. The van der Waals surface area contributed by atoms with Gasteiger partial charge in [0, 0.05) is 19.6 Å². The first-order valence-corrected chi connectivity index (χ1v) is 7.19. The van der Waals surface area contributed by atoms with Crippen LogP contribution in [0.4, 0.5) is 5.88 Å². The Balaban J connectivity index is 2.17. The lowest BCUT2D eigenvalue weighted by molar-refractivity contribution is -0.402. The van der Waals surface area contributed by atoms with Gasteiger partial charge in [0.1, 0.15) is 4.92 Å². The average molecular weight is 317 g/mol. The van der Waals surface area contributed by atoms with Crippen LogP contribution in [0.1, 0.15) is 16.1 Å². The Morgan fingerprint density at radius 1 is 1.13 bits per heavy atom. The summed E-state index contributed by atoms with van der Waals surface area (Å²) in [5, 5.41) is 10.7. The monoisotopic (exact) mass is 317 g/mol. The number of benzene rings is 1. The van der Waals surface area contributed by atoms with Crippen molar-refractivity contribution in [2.24, 2.45) is 0 Å². The van der Waals surface area contributed by atoms with Crippen LogP contribution in [0, 0.1) is 10.1 Å². The molecule has 2 aromatic rings. The molecule has 0 saturated carbocycles. The molecule has 0 aliphatic rings. The molecule has 0 atom stereocenters. The van der Waals surface area contributed by atoms with Crippen LogP contribution in [0.3, 0.4) is 0 Å². The van der Waals surface area contributed by atoms with Gasteiger partial charge in [-0.2, -0.15) is 0 Å². The number of nitrogens with zero attached hydrogens (tertiary/aromatic N) is 3. The first kappa shape index (κ1) is 16.7. The van der Waals surface area contributed by atoms with Crippen LogP contribution in [-0.2, 0) is 6.54 Å². The Bertz CT molecular complexity index is 667. The standard InChI is InChI=1S/C16H19N3O4/c1-17(2)10-11-18(12-13-6-4-3-5-7-13)16(20)14-8-9-15(23-14)19(21)22/h3-9H,10-12H2,1-2H3. The molecular weight excluding hydrogens is 298 g/mol. The molecular formula is C16H19N3O4. The second-order valence-corrected chi connectivity index (χ2v) is 5.41. The van der Waals surface area contributed by atoms with Crippen molar-refractivity contribution >= 4 is 11.8 Å². The predicted octanol–water partition coefficient (Wildman–Crippen LogP) is 2.39. The van der Waals surface area contributed by atoms with Crippen LogP contribution >= 0.6 is 0 Å². The number of hydrogen-bond donors (Lipinski definition) is 0. The van der Waals surface area contributed by atoms with Crippen molar-refractivity contribution in [2.75, 3.05) is 27.2 Å². The van der Waals surface area contributed by atoms with Gasteiger partial charge in [0.05, 0.1) is 6.07 Å². The van der Waals surface area contributed by atoms with E-state index in [9.17, 15) is 14.9 Å². The second-order valence-electron chi connectivity index (χ2n) is 5.41. The summed E-state index contributed by atoms with van der Waals surface area (Å²) in [6, 6.07) is 12.1. The van der Waals surface area contributed by atoms with Crippen LogP contribution < -0.4 is 0 Å². The molecule has 0 radical (unpaired) electrons. The Hall–Kier alpha value is -2.67. The summed E-state index contributed by atoms with van der Waals surface area (Å²) < 4.78 is 5.03. The van der Waals surface area contributed by atoms with Gasteiger partial charge in [-0.25, -0.2) is 0 Å². The molecule has 0 saturated heterocycles. The van der Waals surface area contributed by atoms with Gasteiger partial charge in [-0.3, -0.25) is 14.9 Å². The average Bonchev–Trinajstić information content (AvgIpc) is 3.01. The lowest BCUT2D eigenvalue weighted by Crippen LogP contribution is -2.36. The van der Waals surface area contributed by atoms with Gasteiger partial charge in [0.15, 0.2) is 5.76 Å². The molecule has 0 bridgehead atoms. The van der Waals surface area contributed by atoms with Crippen molar-refractivity contribution in [2.45, 2.75) is 6.54 Å². The lowest BCUT2D eigenvalue weighted by atomic mass is 10.2. The second kappa shape index (κ2) is 7.55. The summed E-state index contributed by atoms with van der Waals surface area (Å²) in [5.41, 5.74) is 0.987. The fourth-order valence-corrected chi connectivity index (χ4v) is 2.07. The number of carbonyl (C=O) groups excluding carboxylic acids is 1. The van der Waals surface area contributed by atoms with Crippen molar-refractivity contribution < 1.29 is 14.1 Å². The molecule has 7 nitrogen and oxygen atoms in total. The summed E-state index contributed by atoms with van der Waals surface area (Å²) in [6.07, 6.45) is 0. The summed E-state index contributed by atoms with van der Waals surface area (Å²) in [6.45, 7) is 1.60. The van der Waals surface area contributed by atoms with E-state index in [1.165, 1.54) is 12.1 Å². The molecule has 0 aliphatic heterocycles. The number of likely N-dealkylation sites (N-methyl/N-ethyl adjacent to an activating group) is 1. The highest BCUT2D eigenvalue weighted by Crippen LogP contribution is 2.18. The summed E-state index contributed by atoms with van der Waals surface area (Å²) in [4.78, 5) is 26.2. The maximum absolute atomic E-state index is 12.6. The van der Waals surface area contributed by atoms with E-state index < -0.39 is 10.8 Å². The van der Waals surface area contributed by atoms with Crippen LogP contribution in [0.5, 0.6) is 0 Å². The third-order valence-electron chi connectivity index (χ3n) is 3.30. The van der Waals surface area contributed by atoms with Gasteiger partial charge in [-0.15, -0.1) is 0 Å². The van der Waals surface area contributed by atoms with Crippen molar-refractivity contribution in [3.05, 3.63) is 63.9 Å². The molecule has 1 aromatic carbocycles. The topological polar surface area (TPSA) is 79.8 Å². The van der Waals surface area contributed by atoms with Gasteiger partial charge < -0.3 is 14.2 Å². The highest BCUT2D eigenvalue weighted by molar-refractivity contribution is 5.91. The first-order valence-electron chi connectivity index (χ1n) is 7.19. The van der Waals surface area contributed by atoms with Crippen molar-refractivity contribution in [3.8, 4) is 0 Å². The number of furan rings is 1. The summed E-state index contributed by atoms with van der Waals surface area (Å²) in [7, 11) is 3.84. The highest BCUT2D eigenvalue weighted by atomic mass is 16.6. The molecule has 1 heterocycles. The number of nitro groups is 1. The maximum atomic E-state index is 12.6. The maximum Gasteiger partial charge on any atom is 0.433 e. The van der Waals surface area contributed by atoms with Crippen molar-refractivity contribution in [3.63, 3.8) is 0 Å². The van der Waals surface area contributed by atoms with Gasteiger partial charge in [-0.05, 0) is 25.7 Å². The number of amides is 1. The van der Waals surface area contributed by atoms with E-state index in [-0.39, 0.29) is 11.7 Å². The van der Waals surface area contributed by atoms with Crippen LogP contribution in [-0.4, -0.2) is 47.8 Å². The van der Waals surface area contributed by atoms with E-state index in [4.69, 9.17) is 4.42 Å². The predicted molar refractivity (Wildman–Crippen MR) is 85.1 cm³/mol. The Kier molecular flexibility index (Phi) is 5.48. The van der Waals surface area contributed by atoms with Gasteiger partial charge in [0.2, 0.25) is 0 Å². The lowest BCUT2D eigenvalue weighted by Gasteiger charge is -2.23. The van der Waals surface area contributed by atoms with E-state index in [1.807, 2.05) is 49.3 Å². The molecule has 0 fully saturated rings. The fourth-order valence-electron chi connectivity index (χ4n) is 2.07. The quantitative estimate of drug-likeness (QED) is 0.578. The van der Waals surface area contributed by atoms with Crippen LogP contribution in [0.2, 0.25) is 0 Å². The summed E-state index contributed by atoms with van der Waals surface area (Å²) >= 11 is 0.